The van der Waals surface area contributed by atoms with E-state index < -0.39 is 0 Å². The molecule has 0 spiro atoms. The molecule has 0 atom stereocenters. The molecule has 28 heavy (non-hydrogen) atoms. The monoisotopic (exact) mass is 400 g/mol. The smallest absolute Gasteiger partial charge is 0.290 e. The quantitative estimate of drug-likeness (QED) is 0.707. The van der Waals surface area contributed by atoms with Crippen molar-refractivity contribution >= 4 is 29.3 Å². The largest absolute Gasteiger partial charge is 0.497 e. The molecular weight excluding hydrogens is 376 g/mol. The lowest BCUT2D eigenvalue weighted by Crippen LogP contribution is -2.43. The maximum absolute atomic E-state index is 13.3. The predicted octanol–water partition coefficient (Wildman–Crippen LogP) is 4.35. The van der Waals surface area contributed by atoms with E-state index in [1.807, 2.05) is 60.5 Å². The molecule has 2 heterocycles. The number of hydrogen-bond donors (Lipinski definition) is 1. The fourth-order valence-electron chi connectivity index (χ4n) is 3.76. The molecule has 1 aromatic heterocycles. The SMILES string of the molecule is CNC1CCN(C(=O)c2oc3cc(OC)ccc3c2-c2ccccc2)CC1.Cl. The van der Waals surface area contributed by atoms with Crippen LogP contribution in [0.2, 0.25) is 0 Å². The molecule has 148 valence electrons. The molecule has 1 amide bonds. The minimum absolute atomic E-state index is 0. The predicted molar refractivity (Wildman–Crippen MR) is 113 cm³/mol. The molecule has 0 aliphatic carbocycles. The Balaban J connectivity index is 0.00000225. The van der Waals surface area contributed by atoms with Gasteiger partial charge < -0.3 is 19.4 Å². The highest BCUT2D eigenvalue weighted by Crippen LogP contribution is 2.37. The third kappa shape index (κ3) is 3.73. The van der Waals surface area contributed by atoms with E-state index in [9.17, 15) is 4.79 Å². The normalized spacial score (nSPS) is 14.7. The van der Waals surface area contributed by atoms with Crippen molar-refractivity contribution in [2.45, 2.75) is 18.9 Å². The Kier molecular flexibility index (Phi) is 6.27. The van der Waals surface area contributed by atoms with Crippen molar-refractivity contribution in [3.05, 3.63) is 54.3 Å². The molecule has 0 unspecified atom stereocenters. The van der Waals surface area contributed by atoms with Gasteiger partial charge in [-0.05, 0) is 37.6 Å². The Morgan fingerprint density at radius 3 is 2.50 bits per heavy atom. The van der Waals surface area contributed by atoms with Gasteiger partial charge in [-0.1, -0.05) is 30.3 Å². The minimum atomic E-state index is -0.0430. The van der Waals surface area contributed by atoms with Crippen molar-refractivity contribution in [1.82, 2.24) is 10.2 Å². The molecule has 0 saturated carbocycles. The van der Waals surface area contributed by atoms with Gasteiger partial charge in [-0.25, -0.2) is 0 Å². The lowest BCUT2D eigenvalue weighted by molar-refractivity contribution is 0.0678. The van der Waals surface area contributed by atoms with Gasteiger partial charge in [0.1, 0.15) is 11.3 Å². The topological polar surface area (TPSA) is 54.7 Å². The first-order valence-corrected chi connectivity index (χ1v) is 9.33. The van der Waals surface area contributed by atoms with E-state index in [1.54, 1.807) is 7.11 Å². The van der Waals surface area contributed by atoms with Crippen LogP contribution < -0.4 is 10.1 Å². The first kappa shape index (κ1) is 20.2. The zero-order chi connectivity index (χ0) is 18.8. The van der Waals surface area contributed by atoms with Crippen LogP contribution in [-0.4, -0.2) is 44.1 Å². The van der Waals surface area contributed by atoms with Crippen LogP contribution in [0.1, 0.15) is 23.4 Å². The maximum atomic E-state index is 13.3. The number of fused-ring (bicyclic) bond motifs is 1. The number of ether oxygens (including phenoxy) is 1. The Morgan fingerprint density at radius 2 is 1.86 bits per heavy atom. The molecule has 0 radical (unpaired) electrons. The zero-order valence-corrected chi connectivity index (χ0v) is 16.9. The average Bonchev–Trinajstić information content (AvgIpc) is 3.12. The fraction of sp³-hybridized carbons (Fsp3) is 0.318. The Morgan fingerprint density at radius 1 is 1.14 bits per heavy atom. The molecule has 1 aliphatic rings. The van der Waals surface area contributed by atoms with E-state index in [4.69, 9.17) is 9.15 Å². The number of carbonyl (C=O) groups excluding carboxylic acids is 1. The van der Waals surface area contributed by atoms with E-state index in [0.29, 0.717) is 23.1 Å². The lowest BCUT2D eigenvalue weighted by atomic mass is 10.00. The molecule has 0 bridgehead atoms. The standard InChI is InChI=1S/C22H24N2O3.ClH/c1-23-16-10-12-24(13-11-16)22(25)21-20(15-6-4-3-5-7-15)18-9-8-17(26-2)14-19(18)27-21;/h3-9,14,16,23H,10-13H2,1-2H3;1H. The number of amides is 1. The molecule has 1 fully saturated rings. The number of furan rings is 1. The number of carbonyl (C=O) groups is 1. The van der Waals surface area contributed by atoms with Crippen LogP contribution in [0.3, 0.4) is 0 Å². The van der Waals surface area contributed by atoms with E-state index in [-0.39, 0.29) is 18.3 Å². The summed E-state index contributed by atoms with van der Waals surface area (Å²) in [5, 5.41) is 4.23. The van der Waals surface area contributed by atoms with Gasteiger partial charge in [0.25, 0.3) is 5.91 Å². The molecule has 2 aromatic carbocycles. The number of nitrogens with one attached hydrogen (secondary N) is 1. The van der Waals surface area contributed by atoms with Crippen molar-refractivity contribution in [3.8, 4) is 16.9 Å². The van der Waals surface area contributed by atoms with Gasteiger partial charge in [0.05, 0.1) is 7.11 Å². The average molecular weight is 401 g/mol. The van der Waals surface area contributed by atoms with Crippen LogP contribution in [0, 0.1) is 0 Å². The summed E-state index contributed by atoms with van der Waals surface area (Å²) in [7, 11) is 3.60. The third-order valence-electron chi connectivity index (χ3n) is 5.34. The van der Waals surface area contributed by atoms with Crippen molar-refractivity contribution in [3.63, 3.8) is 0 Å². The summed E-state index contributed by atoms with van der Waals surface area (Å²) in [5.41, 5.74) is 2.51. The summed E-state index contributed by atoms with van der Waals surface area (Å²) in [6.45, 7) is 1.47. The summed E-state index contributed by atoms with van der Waals surface area (Å²) in [5.74, 6) is 1.08. The van der Waals surface area contributed by atoms with Gasteiger partial charge in [-0.3, -0.25) is 4.79 Å². The molecular formula is C22H25ClN2O3. The number of nitrogens with zero attached hydrogens (tertiary/aromatic N) is 1. The highest BCUT2D eigenvalue weighted by Gasteiger charge is 2.29. The number of likely N-dealkylation sites (tertiary alicyclic amines) is 1. The first-order valence-electron chi connectivity index (χ1n) is 9.33. The second-order valence-electron chi connectivity index (χ2n) is 6.89. The molecule has 3 aromatic rings. The number of piperidine rings is 1. The Hall–Kier alpha value is -2.50. The van der Waals surface area contributed by atoms with Gasteiger partial charge in [0.15, 0.2) is 0 Å². The van der Waals surface area contributed by atoms with Gasteiger partial charge in [0.2, 0.25) is 5.76 Å². The summed E-state index contributed by atoms with van der Waals surface area (Å²) in [4.78, 5) is 15.2. The van der Waals surface area contributed by atoms with E-state index >= 15 is 0 Å². The fourth-order valence-corrected chi connectivity index (χ4v) is 3.76. The van der Waals surface area contributed by atoms with Crippen molar-refractivity contribution < 1.29 is 13.9 Å². The lowest BCUT2D eigenvalue weighted by Gasteiger charge is -2.31. The van der Waals surface area contributed by atoms with Crippen LogP contribution in [-0.2, 0) is 0 Å². The first-order chi connectivity index (χ1) is 13.2. The molecule has 1 N–H and O–H groups in total. The Labute approximate surface area is 171 Å². The van der Waals surface area contributed by atoms with Gasteiger partial charge >= 0.3 is 0 Å². The number of hydrogen-bond acceptors (Lipinski definition) is 4. The van der Waals surface area contributed by atoms with Crippen LogP contribution in [0.4, 0.5) is 0 Å². The van der Waals surface area contributed by atoms with Crippen LogP contribution >= 0.6 is 12.4 Å². The van der Waals surface area contributed by atoms with E-state index in [1.165, 1.54) is 0 Å². The summed E-state index contributed by atoms with van der Waals surface area (Å²) in [6, 6.07) is 16.1. The zero-order valence-electron chi connectivity index (χ0n) is 16.1. The van der Waals surface area contributed by atoms with Crippen molar-refractivity contribution in [1.29, 1.82) is 0 Å². The Bertz CT molecular complexity index is 947. The third-order valence-corrected chi connectivity index (χ3v) is 5.34. The van der Waals surface area contributed by atoms with Crippen molar-refractivity contribution in [2.75, 3.05) is 27.2 Å². The molecule has 6 heteroatoms. The van der Waals surface area contributed by atoms with Crippen LogP contribution in [0.25, 0.3) is 22.1 Å². The van der Waals surface area contributed by atoms with Crippen LogP contribution in [0.15, 0.2) is 52.9 Å². The van der Waals surface area contributed by atoms with Gasteiger partial charge in [0, 0.05) is 36.1 Å². The minimum Gasteiger partial charge on any atom is -0.497 e. The van der Waals surface area contributed by atoms with Gasteiger partial charge in [-0.2, -0.15) is 0 Å². The molecule has 1 aliphatic heterocycles. The molecule has 4 rings (SSSR count). The number of benzene rings is 2. The number of rotatable bonds is 4. The summed E-state index contributed by atoms with van der Waals surface area (Å²) >= 11 is 0. The van der Waals surface area contributed by atoms with E-state index in [0.717, 1.165) is 42.4 Å². The highest BCUT2D eigenvalue weighted by atomic mass is 35.5. The van der Waals surface area contributed by atoms with Crippen LogP contribution in [0.5, 0.6) is 5.75 Å². The highest BCUT2D eigenvalue weighted by molar-refractivity contribution is 6.08. The number of methoxy groups -OCH3 is 1. The summed E-state index contributed by atoms with van der Waals surface area (Å²) in [6.07, 6.45) is 1.91. The maximum Gasteiger partial charge on any atom is 0.290 e. The summed E-state index contributed by atoms with van der Waals surface area (Å²) < 4.78 is 11.4. The second kappa shape index (κ2) is 8.67. The van der Waals surface area contributed by atoms with E-state index in [2.05, 4.69) is 5.32 Å². The number of halogens is 1. The molecule has 5 nitrogen and oxygen atoms in total. The van der Waals surface area contributed by atoms with Gasteiger partial charge in [-0.15, -0.1) is 12.4 Å². The van der Waals surface area contributed by atoms with Crippen molar-refractivity contribution in [2.24, 2.45) is 0 Å². The molecule has 1 saturated heterocycles. The second-order valence-corrected chi connectivity index (χ2v) is 6.89.